The number of aromatic nitrogens is 2. The van der Waals surface area contributed by atoms with Gasteiger partial charge in [-0.3, -0.25) is 9.88 Å². The Hall–Kier alpha value is -2.17. The van der Waals surface area contributed by atoms with Crippen molar-refractivity contribution < 1.29 is 4.74 Å². The van der Waals surface area contributed by atoms with Crippen LogP contribution in [-0.2, 0) is 17.7 Å². The third-order valence-electron chi connectivity index (χ3n) is 4.67. The van der Waals surface area contributed by atoms with Gasteiger partial charge in [0, 0.05) is 49.2 Å². The first-order chi connectivity index (χ1) is 11.9. The maximum atomic E-state index is 5.83. The van der Waals surface area contributed by atoms with E-state index in [4.69, 9.17) is 4.74 Å². The maximum absolute atomic E-state index is 5.83. The number of pyridine rings is 1. The van der Waals surface area contributed by atoms with Gasteiger partial charge in [-0.25, -0.2) is 0 Å². The lowest BCUT2D eigenvalue weighted by Crippen LogP contribution is -2.30. The van der Waals surface area contributed by atoms with E-state index in [0.29, 0.717) is 5.92 Å². The predicted molar refractivity (Wildman–Crippen MR) is 95.8 cm³/mol. The summed E-state index contributed by atoms with van der Waals surface area (Å²) >= 11 is 0. The quantitative estimate of drug-likeness (QED) is 0.802. The highest BCUT2D eigenvalue weighted by atomic mass is 16.5. The molecule has 0 spiro atoms. The molecule has 4 heteroatoms. The van der Waals surface area contributed by atoms with E-state index in [1.807, 2.05) is 18.5 Å². The molecule has 1 aliphatic rings. The largest absolute Gasteiger partial charge is 0.380 e. The summed E-state index contributed by atoms with van der Waals surface area (Å²) in [6.45, 7) is 4.64. The van der Waals surface area contributed by atoms with E-state index in [1.54, 1.807) is 0 Å². The van der Waals surface area contributed by atoms with Crippen LogP contribution in [0.5, 0.6) is 0 Å². The molecule has 0 aliphatic carbocycles. The Morgan fingerprint density at radius 3 is 3.12 bits per heavy atom. The van der Waals surface area contributed by atoms with Crippen LogP contribution < -0.4 is 0 Å². The third-order valence-corrected chi connectivity index (χ3v) is 4.67. The van der Waals surface area contributed by atoms with Crippen LogP contribution in [0.2, 0.25) is 0 Å². The van der Waals surface area contributed by atoms with Crippen LogP contribution in [0.1, 0.15) is 11.3 Å². The fraction of sp³-hybridized carbons (Fsp3) is 0.350. The van der Waals surface area contributed by atoms with Gasteiger partial charge in [-0.15, -0.1) is 0 Å². The van der Waals surface area contributed by atoms with Crippen molar-refractivity contribution >= 4 is 10.9 Å². The van der Waals surface area contributed by atoms with Crippen LogP contribution in [0.25, 0.3) is 10.9 Å². The number of nitrogens with zero attached hydrogens (tertiary/aromatic N) is 2. The molecule has 2 aromatic heterocycles. The van der Waals surface area contributed by atoms with Gasteiger partial charge in [0.1, 0.15) is 0 Å². The molecule has 0 unspecified atom stereocenters. The average Bonchev–Trinajstić information content (AvgIpc) is 2.96. The fourth-order valence-corrected chi connectivity index (χ4v) is 3.49. The van der Waals surface area contributed by atoms with Crippen molar-refractivity contribution in [2.24, 2.45) is 5.92 Å². The Bertz CT molecular complexity index is 784. The molecule has 3 heterocycles. The molecule has 124 valence electrons. The summed E-state index contributed by atoms with van der Waals surface area (Å²) in [7, 11) is 0. The molecule has 1 saturated heterocycles. The number of fused-ring (bicyclic) bond motifs is 1. The van der Waals surface area contributed by atoms with Gasteiger partial charge < -0.3 is 9.72 Å². The van der Waals surface area contributed by atoms with Gasteiger partial charge in [-0.05, 0) is 41.6 Å². The standard InChI is InChI=1S/C20H23N3O/c1-2-7-21-19(3-1)11-17-14-23(9-10-24-15-17)13-16-4-5-18-6-8-22-20(18)12-16/h1-8,12,17,22H,9-11,13-15H2/t17-/m1/s1. The molecule has 1 fully saturated rings. The minimum absolute atomic E-state index is 0.497. The second kappa shape index (κ2) is 7.16. The lowest BCUT2D eigenvalue weighted by atomic mass is 10.0. The summed E-state index contributed by atoms with van der Waals surface area (Å²) in [5.41, 5.74) is 3.72. The minimum Gasteiger partial charge on any atom is -0.380 e. The Kier molecular flexibility index (Phi) is 4.58. The highest BCUT2D eigenvalue weighted by Gasteiger charge is 2.19. The zero-order valence-corrected chi connectivity index (χ0v) is 13.8. The molecule has 1 aliphatic heterocycles. The van der Waals surface area contributed by atoms with Gasteiger partial charge >= 0.3 is 0 Å². The molecule has 1 aromatic carbocycles. The second-order valence-corrected chi connectivity index (χ2v) is 6.60. The molecule has 0 bridgehead atoms. The van der Waals surface area contributed by atoms with Crippen molar-refractivity contribution in [3.63, 3.8) is 0 Å². The van der Waals surface area contributed by atoms with E-state index in [2.05, 4.69) is 51.3 Å². The molecule has 0 radical (unpaired) electrons. The highest BCUT2D eigenvalue weighted by Crippen LogP contribution is 2.18. The summed E-state index contributed by atoms with van der Waals surface area (Å²) in [6.07, 6.45) is 4.85. The monoisotopic (exact) mass is 321 g/mol. The van der Waals surface area contributed by atoms with E-state index in [-0.39, 0.29) is 0 Å². The van der Waals surface area contributed by atoms with Crippen molar-refractivity contribution in [3.8, 4) is 0 Å². The number of rotatable bonds is 4. The van der Waals surface area contributed by atoms with Gasteiger partial charge in [0.05, 0.1) is 13.2 Å². The summed E-state index contributed by atoms with van der Waals surface area (Å²) in [5.74, 6) is 0.497. The van der Waals surface area contributed by atoms with Crippen LogP contribution in [0.4, 0.5) is 0 Å². The molecule has 4 rings (SSSR count). The Labute approximate surface area is 142 Å². The zero-order valence-electron chi connectivity index (χ0n) is 13.8. The summed E-state index contributed by atoms with van der Waals surface area (Å²) in [6, 6.07) is 14.9. The van der Waals surface area contributed by atoms with Gasteiger partial charge in [-0.2, -0.15) is 0 Å². The molecular formula is C20H23N3O. The molecule has 0 amide bonds. The van der Waals surface area contributed by atoms with E-state index >= 15 is 0 Å². The van der Waals surface area contributed by atoms with Crippen LogP contribution in [0, 0.1) is 5.92 Å². The van der Waals surface area contributed by atoms with Gasteiger partial charge in [0.2, 0.25) is 0 Å². The molecule has 1 N–H and O–H groups in total. The normalized spacial score (nSPS) is 19.4. The summed E-state index contributed by atoms with van der Waals surface area (Å²) in [4.78, 5) is 10.3. The zero-order chi connectivity index (χ0) is 16.2. The number of benzene rings is 1. The first-order valence-electron chi connectivity index (χ1n) is 8.63. The van der Waals surface area contributed by atoms with E-state index in [1.165, 1.54) is 16.5 Å². The first-order valence-corrected chi connectivity index (χ1v) is 8.63. The molecule has 3 aromatic rings. The topological polar surface area (TPSA) is 41.1 Å². The number of aromatic amines is 1. The van der Waals surface area contributed by atoms with Crippen LogP contribution in [-0.4, -0.2) is 41.2 Å². The number of hydrogen-bond donors (Lipinski definition) is 1. The van der Waals surface area contributed by atoms with Crippen molar-refractivity contribution in [3.05, 3.63) is 66.1 Å². The second-order valence-electron chi connectivity index (χ2n) is 6.60. The van der Waals surface area contributed by atoms with Crippen molar-refractivity contribution in [1.29, 1.82) is 0 Å². The molecule has 0 saturated carbocycles. The Balaban J connectivity index is 1.43. The number of ether oxygens (including phenoxy) is 1. The van der Waals surface area contributed by atoms with E-state index < -0.39 is 0 Å². The van der Waals surface area contributed by atoms with Crippen molar-refractivity contribution in [2.45, 2.75) is 13.0 Å². The number of H-pyrrole nitrogens is 1. The smallest absolute Gasteiger partial charge is 0.0593 e. The first kappa shape index (κ1) is 15.4. The van der Waals surface area contributed by atoms with Gasteiger partial charge in [-0.1, -0.05) is 18.2 Å². The van der Waals surface area contributed by atoms with Crippen molar-refractivity contribution in [2.75, 3.05) is 26.3 Å². The molecule has 1 atom stereocenters. The maximum Gasteiger partial charge on any atom is 0.0593 e. The van der Waals surface area contributed by atoms with E-state index in [0.717, 1.165) is 45.0 Å². The van der Waals surface area contributed by atoms with Crippen LogP contribution >= 0.6 is 0 Å². The Morgan fingerprint density at radius 1 is 1.21 bits per heavy atom. The lowest BCUT2D eigenvalue weighted by molar-refractivity contribution is 0.121. The SMILES string of the molecule is c1ccc(C[C@H]2COCCN(Cc3ccc4cc[nH]c4c3)C2)nc1. The minimum atomic E-state index is 0.497. The van der Waals surface area contributed by atoms with Crippen LogP contribution in [0.15, 0.2) is 54.9 Å². The molecular weight excluding hydrogens is 298 g/mol. The van der Waals surface area contributed by atoms with Crippen molar-refractivity contribution in [1.82, 2.24) is 14.9 Å². The fourth-order valence-electron chi connectivity index (χ4n) is 3.49. The summed E-state index contributed by atoms with van der Waals surface area (Å²) in [5, 5.41) is 1.27. The lowest BCUT2D eigenvalue weighted by Gasteiger charge is -2.23. The highest BCUT2D eigenvalue weighted by molar-refractivity contribution is 5.79. The third kappa shape index (κ3) is 3.66. The van der Waals surface area contributed by atoms with Gasteiger partial charge in [0.15, 0.2) is 0 Å². The van der Waals surface area contributed by atoms with Gasteiger partial charge in [0.25, 0.3) is 0 Å². The summed E-state index contributed by atoms with van der Waals surface area (Å²) < 4.78 is 5.83. The Morgan fingerprint density at radius 2 is 2.21 bits per heavy atom. The predicted octanol–water partition coefficient (Wildman–Crippen LogP) is 3.25. The number of nitrogens with one attached hydrogen (secondary N) is 1. The molecule has 4 nitrogen and oxygen atoms in total. The molecule has 24 heavy (non-hydrogen) atoms. The van der Waals surface area contributed by atoms with Crippen LogP contribution in [0.3, 0.4) is 0 Å². The van der Waals surface area contributed by atoms with E-state index in [9.17, 15) is 0 Å². The average molecular weight is 321 g/mol. The number of hydrogen-bond acceptors (Lipinski definition) is 3.